The van der Waals surface area contributed by atoms with Crippen LogP contribution in [0.15, 0.2) is 53.1 Å². The van der Waals surface area contributed by atoms with Gasteiger partial charge in [-0.15, -0.1) is 0 Å². The first kappa shape index (κ1) is 19.7. The maximum atomic E-state index is 13.5. The van der Waals surface area contributed by atoms with E-state index in [4.69, 9.17) is 4.52 Å². The summed E-state index contributed by atoms with van der Waals surface area (Å²) in [6.45, 7) is 2.37. The van der Waals surface area contributed by atoms with Gasteiger partial charge in [0.15, 0.2) is 5.58 Å². The fraction of sp³-hybridized carbons (Fsp3) is 0.375. The van der Waals surface area contributed by atoms with Crippen molar-refractivity contribution in [2.45, 2.75) is 32.2 Å². The molecule has 1 spiro atoms. The minimum atomic E-state index is -0.287. The molecule has 3 heterocycles. The monoisotopic (exact) mass is 421 g/mol. The fourth-order valence-corrected chi connectivity index (χ4v) is 4.87. The molecule has 0 bridgehead atoms. The van der Waals surface area contributed by atoms with Gasteiger partial charge in [0.25, 0.3) is 0 Å². The Balaban J connectivity index is 1.20. The van der Waals surface area contributed by atoms with Crippen molar-refractivity contribution in [3.63, 3.8) is 0 Å². The number of piperidine rings is 1. The van der Waals surface area contributed by atoms with Gasteiger partial charge in [-0.2, -0.15) is 0 Å². The minimum Gasteiger partial charge on any atom is -0.356 e. The molecular weight excluding hydrogens is 397 g/mol. The Bertz CT molecular complexity index is 1130. The number of nitrogens with zero attached hydrogens (tertiary/aromatic N) is 3. The number of rotatable bonds is 4. The quantitative estimate of drug-likeness (QED) is 0.646. The average molecular weight is 421 g/mol. The van der Waals surface area contributed by atoms with E-state index < -0.39 is 0 Å². The SMILES string of the molecule is O=C(Cc1noc2ccccc12)N1CCC2(CC1)CC(=O)N(Cc1cccc(F)c1)C2. The maximum absolute atomic E-state index is 13.5. The molecule has 7 heteroatoms. The van der Waals surface area contributed by atoms with E-state index in [1.165, 1.54) is 12.1 Å². The first-order valence-corrected chi connectivity index (χ1v) is 10.6. The van der Waals surface area contributed by atoms with Crippen molar-refractivity contribution >= 4 is 22.8 Å². The summed E-state index contributed by atoms with van der Waals surface area (Å²) in [6.07, 6.45) is 2.31. The van der Waals surface area contributed by atoms with Crippen molar-refractivity contribution in [1.82, 2.24) is 15.0 Å². The van der Waals surface area contributed by atoms with Crippen molar-refractivity contribution in [3.05, 3.63) is 65.6 Å². The molecule has 2 aliphatic rings. The summed E-state index contributed by atoms with van der Waals surface area (Å²) in [5, 5.41) is 4.94. The molecule has 2 amide bonds. The molecule has 0 aliphatic carbocycles. The third-order valence-electron chi connectivity index (χ3n) is 6.62. The number of para-hydroxylation sites is 1. The Morgan fingerprint density at radius 3 is 2.74 bits per heavy atom. The summed E-state index contributed by atoms with van der Waals surface area (Å²) in [7, 11) is 0. The summed E-state index contributed by atoms with van der Waals surface area (Å²) in [5.41, 5.74) is 2.06. The molecule has 0 unspecified atom stereocenters. The molecule has 0 saturated carbocycles. The number of carbonyl (C=O) groups excluding carboxylic acids is 2. The van der Waals surface area contributed by atoms with Crippen LogP contribution >= 0.6 is 0 Å². The average Bonchev–Trinajstić information content (AvgIpc) is 3.29. The van der Waals surface area contributed by atoms with Crippen LogP contribution in [0.2, 0.25) is 0 Å². The molecule has 0 atom stereocenters. The summed E-state index contributed by atoms with van der Waals surface area (Å²) >= 11 is 0. The number of benzene rings is 2. The number of fused-ring (bicyclic) bond motifs is 1. The lowest BCUT2D eigenvalue weighted by Gasteiger charge is -2.38. The fourth-order valence-electron chi connectivity index (χ4n) is 4.87. The van der Waals surface area contributed by atoms with Crippen LogP contribution in [-0.2, 0) is 22.6 Å². The minimum absolute atomic E-state index is 0.0369. The molecule has 3 aromatic rings. The Kier molecular flexibility index (Phi) is 4.96. The number of aromatic nitrogens is 1. The first-order valence-electron chi connectivity index (χ1n) is 10.6. The van der Waals surface area contributed by atoms with E-state index in [0.717, 1.165) is 23.8 Å². The second-order valence-corrected chi connectivity index (χ2v) is 8.74. The Hall–Kier alpha value is -3.22. The number of hydrogen-bond acceptors (Lipinski definition) is 4. The Labute approximate surface area is 179 Å². The van der Waals surface area contributed by atoms with Crippen molar-refractivity contribution in [3.8, 4) is 0 Å². The van der Waals surface area contributed by atoms with Crippen LogP contribution in [-0.4, -0.2) is 46.4 Å². The zero-order valence-electron chi connectivity index (χ0n) is 17.2. The van der Waals surface area contributed by atoms with Crippen LogP contribution in [0.4, 0.5) is 4.39 Å². The molecule has 31 heavy (non-hydrogen) atoms. The highest BCUT2D eigenvalue weighted by Gasteiger charge is 2.45. The van der Waals surface area contributed by atoms with Crippen molar-refractivity contribution in [2.24, 2.45) is 5.41 Å². The van der Waals surface area contributed by atoms with Crippen LogP contribution in [0, 0.1) is 11.2 Å². The van der Waals surface area contributed by atoms with E-state index in [0.29, 0.717) is 43.9 Å². The molecular formula is C24H24FN3O3. The lowest BCUT2D eigenvalue weighted by molar-refractivity contribution is -0.132. The third-order valence-corrected chi connectivity index (χ3v) is 6.62. The number of amides is 2. The molecule has 2 saturated heterocycles. The zero-order valence-corrected chi connectivity index (χ0v) is 17.2. The molecule has 0 radical (unpaired) electrons. The van der Waals surface area contributed by atoms with Crippen LogP contribution < -0.4 is 0 Å². The van der Waals surface area contributed by atoms with Gasteiger partial charge in [-0.1, -0.05) is 29.4 Å². The van der Waals surface area contributed by atoms with Gasteiger partial charge in [0.05, 0.1) is 6.42 Å². The summed E-state index contributed by atoms with van der Waals surface area (Å²) in [6, 6.07) is 13.9. The lowest BCUT2D eigenvalue weighted by Crippen LogP contribution is -2.44. The third kappa shape index (κ3) is 3.92. The molecule has 6 nitrogen and oxygen atoms in total. The van der Waals surface area contributed by atoms with Gasteiger partial charge in [0, 0.05) is 43.4 Å². The van der Waals surface area contributed by atoms with E-state index in [2.05, 4.69) is 5.16 Å². The maximum Gasteiger partial charge on any atom is 0.228 e. The van der Waals surface area contributed by atoms with Crippen molar-refractivity contribution < 1.29 is 18.5 Å². The van der Waals surface area contributed by atoms with Gasteiger partial charge >= 0.3 is 0 Å². The number of hydrogen-bond donors (Lipinski definition) is 0. The second kappa shape index (κ2) is 7.80. The smallest absolute Gasteiger partial charge is 0.228 e. The van der Waals surface area contributed by atoms with Crippen LogP contribution in [0.1, 0.15) is 30.5 Å². The first-order chi connectivity index (χ1) is 15.0. The second-order valence-electron chi connectivity index (χ2n) is 8.74. The highest BCUT2D eigenvalue weighted by atomic mass is 19.1. The topological polar surface area (TPSA) is 66.7 Å². The van der Waals surface area contributed by atoms with Gasteiger partial charge in [-0.3, -0.25) is 9.59 Å². The normalized spacial score (nSPS) is 18.3. The van der Waals surface area contributed by atoms with Gasteiger partial charge < -0.3 is 14.3 Å². The predicted molar refractivity (Wildman–Crippen MR) is 112 cm³/mol. The molecule has 5 rings (SSSR count). The summed E-state index contributed by atoms with van der Waals surface area (Å²) in [4.78, 5) is 29.2. The highest BCUT2D eigenvalue weighted by Crippen LogP contribution is 2.41. The van der Waals surface area contributed by atoms with Crippen LogP contribution in [0.5, 0.6) is 0 Å². The van der Waals surface area contributed by atoms with Gasteiger partial charge in [-0.05, 0) is 42.7 Å². The highest BCUT2D eigenvalue weighted by molar-refractivity contribution is 5.86. The van der Waals surface area contributed by atoms with Gasteiger partial charge in [0.1, 0.15) is 11.5 Å². The zero-order chi connectivity index (χ0) is 21.4. The van der Waals surface area contributed by atoms with Crippen LogP contribution in [0.25, 0.3) is 11.0 Å². The summed E-state index contributed by atoms with van der Waals surface area (Å²) < 4.78 is 18.8. The van der Waals surface area contributed by atoms with E-state index >= 15 is 0 Å². The molecule has 2 aromatic carbocycles. The predicted octanol–water partition coefficient (Wildman–Crippen LogP) is 3.55. The lowest BCUT2D eigenvalue weighted by atomic mass is 9.77. The van der Waals surface area contributed by atoms with Gasteiger partial charge in [-0.25, -0.2) is 4.39 Å². The molecule has 0 N–H and O–H groups in total. The molecule has 2 aliphatic heterocycles. The van der Waals surface area contributed by atoms with E-state index in [9.17, 15) is 14.0 Å². The number of likely N-dealkylation sites (tertiary alicyclic amines) is 2. The van der Waals surface area contributed by atoms with Crippen molar-refractivity contribution in [1.29, 1.82) is 0 Å². The van der Waals surface area contributed by atoms with E-state index in [1.54, 1.807) is 6.07 Å². The molecule has 1 aromatic heterocycles. The summed E-state index contributed by atoms with van der Waals surface area (Å²) in [5.74, 6) is -0.140. The molecule has 160 valence electrons. The van der Waals surface area contributed by atoms with Crippen LogP contribution in [0.3, 0.4) is 0 Å². The Morgan fingerprint density at radius 2 is 1.94 bits per heavy atom. The molecule has 2 fully saturated rings. The number of halogens is 1. The van der Waals surface area contributed by atoms with Crippen molar-refractivity contribution in [2.75, 3.05) is 19.6 Å². The standard InChI is InChI=1S/C24H24FN3O3/c25-18-5-3-4-17(12-18)15-28-16-24(14-23(28)30)8-10-27(11-9-24)22(29)13-20-19-6-1-2-7-21(19)31-26-20/h1-7,12H,8-11,13-16H2. The number of carbonyl (C=O) groups is 2. The Morgan fingerprint density at radius 1 is 1.13 bits per heavy atom. The van der Waals surface area contributed by atoms with E-state index in [1.807, 2.05) is 40.1 Å². The van der Waals surface area contributed by atoms with E-state index in [-0.39, 0.29) is 29.5 Å². The largest absolute Gasteiger partial charge is 0.356 e. The van der Waals surface area contributed by atoms with Gasteiger partial charge in [0.2, 0.25) is 11.8 Å².